The Bertz CT molecular complexity index is 878. The summed E-state index contributed by atoms with van der Waals surface area (Å²) < 4.78 is 45.7. The molecule has 1 saturated heterocycles. The van der Waals surface area contributed by atoms with Crippen LogP contribution in [-0.4, -0.2) is 56.6 Å². The number of hydrogen-bond acceptors (Lipinski definition) is 5. The fraction of sp³-hybridized carbons (Fsp3) is 0.350. The second-order valence-corrected chi connectivity index (χ2v) is 8.55. The van der Waals surface area contributed by atoms with Crippen LogP contribution in [-0.2, 0) is 14.8 Å². The second kappa shape index (κ2) is 10.2. The van der Waals surface area contributed by atoms with Gasteiger partial charge in [0.25, 0.3) is 6.47 Å². The second-order valence-electron chi connectivity index (χ2n) is 6.61. The van der Waals surface area contributed by atoms with Crippen molar-refractivity contribution < 1.29 is 27.4 Å². The molecule has 0 bridgehead atoms. The van der Waals surface area contributed by atoms with E-state index in [1.165, 1.54) is 16.4 Å². The first-order valence-electron chi connectivity index (χ1n) is 9.13. The third-order valence-corrected chi connectivity index (χ3v) is 6.18. The van der Waals surface area contributed by atoms with Crippen molar-refractivity contribution in [3.05, 3.63) is 54.3 Å². The number of anilines is 1. The number of benzene rings is 2. The summed E-state index contributed by atoms with van der Waals surface area (Å²) in [6, 6.07) is 12.8. The molecule has 0 saturated carbocycles. The molecular weight excluding hydrogens is 399 g/mol. The van der Waals surface area contributed by atoms with Crippen LogP contribution in [0.3, 0.4) is 0 Å². The van der Waals surface area contributed by atoms with E-state index in [-0.39, 0.29) is 23.3 Å². The molecule has 1 aliphatic rings. The van der Waals surface area contributed by atoms with Gasteiger partial charge in [-0.15, -0.1) is 0 Å². The lowest BCUT2D eigenvalue weighted by Gasteiger charge is -2.35. The maximum Gasteiger partial charge on any atom is 0.290 e. The van der Waals surface area contributed by atoms with Crippen molar-refractivity contribution in [1.82, 2.24) is 4.31 Å². The van der Waals surface area contributed by atoms with E-state index in [4.69, 9.17) is 14.6 Å². The highest BCUT2D eigenvalue weighted by atomic mass is 32.2. The molecule has 1 heterocycles. The maximum absolute atomic E-state index is 13.0. The molecule has 9 heteroatoms. The summed E-state index contributed by atoms with van der Waals surface area (Å²) in [5.74, 6) is 0.375. The van der Waals surface area contributed by atoms with Crippen LogP contribution in [0.4, 0.5) is 10.1 Å². The van der Waals surface area contributed by atoms with Gasteiger partial charge in [0, 0.05) is 31.9 Å². The van der Waals surface area contributed by atoms with Gasteiger partial charge in [0.2, 0.25) is 10.0 Å². The van der Waals surface area contributed by atoms with E-state index in [9.17, 15) is 12.8 Å². The van der Waals surface area contributed by atoms with Crippen molar-refractivity contribution in [3.63, 3.8) is 0 Å². The number of rotatable bonds is 5. The van der Waals surface area contributed by atoms with Gasteiger partial charge in [-0.25, -0.2) is 12.8 Å². The molecule has 2 aromatic rings. The standard InChI is InChI=1S/C19H23FN2O3S.CH2O2/c1-15(2)25-18-7-9-19(10-8-18)26(23,24)22-13-11-21(12-14-22)17-5-3-16(20)4-6-17;2-1-3/h3-10,15H,11-14H2,1-2H3;1H,(H,2,3). The highest BCUT2D eigenvalue weighted by molar-refractivity contribution is 7.89. The zero-order valence-corrected chi connectivity index (χ0v) is 17.2. The summed E-state index contributed by atoms with van der Waals surface area (Å²) in [5, 5.41) is 6.89. The number of nitrogens with zero attached hydrogens (tertiary/aromatic N) is 2. The number of sulfonamides is 1. The summed E-state index contributed by atoms with van der Waals surface area (Å²) in [5.41, 5.74) is 0.902. The molecule has 0 atom stereocenters. The molecule has 0 radical (unpaired) electrons. The van der Waals surface area contributed by atoms with E-state index in [1.807, 2.05) is 13.8 Å². The number of carboxylic acid groups (broad SMARTS) is 1. The molecule has 0 unspecified atom stereocenters. The van der Waals surface area contributed by atoms with Gasteiger partial charge in [-0.2, -0.15) is 4.31 Å². The van der Waals surface area contributed by atoms with E-state index in [0.29, 0.717) is 31.9 Å². The van der Waals surface area contributed by atoms with Crippen molar-refractivity contribution in [2.24, 2.45) is 0 Å². The van der Waals surface area contributed by atoms with Crippen LogP contribution in [0.2, 0.25) is 0 Å². The molecule has 3 rings (SSSR count). The highest BCUT2D eigenvalue weighted by Gasteiger charge is 2.28. The quantitative estimate of drug-likeness (QED) is 0.743. The lowest BCUT2D eigenvalue weighted by molar-refractivity contribution is -0.122. The Hall–Kier alpha value is -2.65. The summed E-state index contributed by atoms with van der Waals surface area (Å²) in [6.45, 7) is 5.52. The molecule has 0 aromatic heterocycles. The topological polar surface area (TPSA) is 87.2 Å². The summed E-state index contributed by atoms with van der Waals surface area (Å²) >= 11 is 0. The van der Waals surface area contributed by atoms with Crippen LogP contribution in [0.25, 0.3) is 0 Å². The summed E-state index contributed by atoms with van der Waals surface area (Å²) in [6.07, 6.45) is 0.0389. The van der Waals surface area contributed by atoms with E-state index in [2.05, 4.69) is 4.90 Å². The number of halogens is 1. The van der Waals surface area contributed by atoms with Crippen molar-refractivity contribution in [2.75, 3.05) is 31.1 Å². The van der Waals surface area contributed by atoms with Gasteiger partial charge in [0.05, 0.1) is 11.0 Å². The number of hydrogen-bond donors (Lipinski definition) is 1. The van der Waals surface area contributed by atoms with E-state index in [0.717, 1.165) is 5.69 Å². The number of piperazine rings is 1. The van der Waals surface area contributed by atoms with Crippen molar-refractivity contribution in [1.29, 1.82) is 0 Å². The van der Waals surface area contributed by atoms with Gasteiger partial charge in [-0.05, 0) is 62.4 Å². The Labute approximate surface area is 170 Å². The molecule has 1 fully saturated rings. The number of ether oxygens (including phenoxy) is 1. The van der Waals surface area contributed by atoms with Crippen LogP contribution < -0.4 is 9.64 Å². The molecule has 29 heavy (non-hydrogen) atoms. The van der Waals surface area contributed by atoms with Crippen molar-refractivity contribution in [3.8, 4) is 5.75 Å². The normalized spacial score (nSPS) is 14.8. The van der Waals surface area contributed by atoms with Crippen molar-refractivity contribution in [2.45, 2.75) is 24.8 Å². The first-order valence-corrected chi connectivity index (χ1v) is 10.6. The predicted octanol–water partition coefficient (Wildman–Crippen LogP) is 2.82. The average Bonchev–Trinajstić information content (AvgIpc) is 2.69. The van der Waals surface area contributed by atoms with Gasteiger partial charge < -0.3 is 14.7 Å². The van der Waals surface area contributed by atoms with Crippen LogP contribution >= 0.6 is 0 Å². The predicted molar refractivity (Wildman–Crippen MR) is 108 cm³/mol. The molecule has 1 aliphatic heterocycles. The van der Waals surface area contributed by atoms with Gasteiger partial charge >= 0.3 is 0 Å². The zero-order valence-electron chi connectivity index (χ0n) is 16.4. The minimum atomic E-state index is -3.53. The van der Waals surface area contributed by atoms with Crippen LogP contribution in [0.15, 0.2) is 53.4 Å². The Kier molecular flexibility index (Phi) is 7.98. The monoisotopic (exact) mass is 424 g/mol. The van der Waals surface area contributed by atoms with Crippen LogP contribution in [0.5, 0.6) is 5.75 Å². The zero-order chi connectivity index (χ0) is 21.4. The van der Waals surface area contributed by atoms with Crippen molar-refractivity contribution >= 4 is 22.2 Å². The Morgan fingerprint density at radius 2 is 1.52 bits per heavy atom. The largest absolute Gasteiger partial charge is 0.491 e. The van der Waals surface area contributed by atoms with E-state index >= 15 is 0 Å². The van der Waals surface area contributed by atoms with Gasteiger partial charge in [-0.1, -0.05) is 0 Å². The van der Waals surface area contributed by atoms with E-state index < -0.39 is 10.0 Å². The fourth-order valence-electron chi connectivity index (χ4n) is 2.95. The molecule has 0 amide bonds. The smallest absolute Gasteiger partial charge is 0.290 e. The van der Waals surface area contributed by atoms with E-state index in [1.54, 1.807) is 36.4 Å². The maximum atomic E-state index is 13.0. The molecule has 7 nitrogen and oxygen atoms in total. The highest BCUT2D eigenvalue weighted by Crippen LogP contribution is 2.23. The Morgan fingerprint density at radius 3 is 2.00 bits per heavy atom. The Balaban J connectivity index is 0.000000941. The molecule has 0 spiro atoms. The minimum Gasteiger partial charge on any atom is -0.491 e. The summed E-state index contributed by atoms with van der Waals surface area (Å²) in [7, 11) is -3.53. The van der Waals surface area contributed by atoms with Gasteiger partial charge in [0.15, 0.2) is 0 Å². The third kappa shape index (κ3) is 6.16. The third-order valence-electron chi connectivity index (χ3n) is 4.26. The fourth-order valence-corrected chi connectivity index (χ4v) is 4.37. The molecule has 2 aromatic carbocycles. The first kappa shape index (κ1) is 22.6. The SMILES string of the molecule is CC(C)Oc1ccc(S(=O)(=O)N2CCN(c3ccc(F)cc3)CC2)cc1.O=CO. The van der Waals surface area contributed by atoms with Gasteiger partial charge in [-0.3, -0.25) is 4.79 Å². The average molecular weight is 424 g/mol. The van der Waals surface area contributed by atoms with Crippen LogP contribution in [0.1, 0.15) is 13.8 Å². The van der Waals surface area contributed by atoms with Gasteiger partial charge in [0.1, 0.15) is 11.6 Å². The number of carbonyl (C=O) groups is 1. The summed E-state index contributed by atoms with van der Waals surface area (Å²) in [4.78, 5) is 10.7. The first-order chi connectivity index (χ1) is 13.8. The molecule has 1 N–H and O–H groups in total. The molecule has 158 valence electrons. The molecular formula is C20H25FN2O5S. The van der Waals surface area contributed by atoms with Crippen LogP contribution in [0, 0.1) is 5.82 Å². The Morgan fingerprint density at radius 1 is 1.00 bits per heavy atom. The lowest BCUT2D eigenvalue weighted by atomic mass is 10.2. The molecule has 0 aliphatic carbocycles. The lowest BCUT2D eigenvalue weighted by Crippen LogP contribution is -2.48. The minimum absolute atomic E-state index is 0.0389.